The molecule has 0 radical (unpaired) electrons. The summed E-state index contributed by atoms with van der Waals surface area (Å²) in [6, 6.07) is 0.580. The number of carbonyl (C=O) groups excluding carboxylic acids is 2. The molecule has 20 heavy (non-hydrogen) atoms. The number of fused-ring (bicyclic) bond motifs is 2. The second-order valence-corrected chi connectivity index (χ2v) is 7.30. The van der Waals surface area contributed by atoms with Crippen LogP contribution in [-0.4, -0.2) is 47.0 Å². The van der Waals surface area contributed by atoms with Gasteiger partial charge in [-0.3, -0.25) is 9.59 Å². The van der Waals surface area contributed by atoms with Gasteiger partial charge in [-0.05, 0) is 37.5 Å². The summed E-state index contributed by atoms with van der Waals surface area (Å²) in [5, 5.41) is 3.19. The zero-order chi connectivity index (χ0) is 14.1. The van der Waals surface area contributed by atoms with Gasteiger partial charge in [0, 0.05) is 12.1 Å². The van der Waals surface area contributed by atoms with E-state index in [2.05, 4.69) is 5.32 Å². The average Bonchev–Trinajstić information content (AvgIpc) is 2.76. The molecule has 2 unspecified atom stereocenters. The molecule has 2 amide bonds. The molecule has 112 valence electrons. The number of hydrogen-bond donors (Lipinski definition) is 2. The number of amides is 2. The fourth-order valence-corrected chi connectivity index (χ4v) is 4.87. The highest BCUT2D eigenvalue weighted by atomic mass is 32.2. The molecule has 0 aromatic heterocycles. The third-order valence-corrected chi connectivity index (χ3v) is 5.81. The number of hydrogen-bond acceptors (Lipinski definition) is 4. The lowest BCUT2D eigenvalue weighted by molar-refractivity contribution is -0.133. The van der Waals surface area contributed by atoms with E-state index >= 15 is 0 Å². The van der Waals surface area contributed by atoms with E-state index < -0.39 is 0 Å². The van der Waals surface area contributed by atoms with Gasteiger partial charge in [-0.1, -0.05) is 6.42 Å². The van der Waals surface area contributed by atoms with Crippen molar-refractivity contribution >= 4 is 23.6 Å². The number of nitrogens with zero attached hydrogens (tertiary/aromatic N) is 1. The van der Waals surface area contributed by atoms with E-state index in [1.807, 2.05) is 0 Å². The Labute approximate surface area is 124 Å². The van der Waals surface area contributed by atoms with Gasteiger partial charge in [0.15, 0.2) is 0 Å². The third kappa shape index (κ3) is 2.96. The second-order valence-electron chi connectivity index (χ2n) is 6.35. The number of carbonyl (C=O) groups is 2. The second kappa shape index (κ2) is 5.93. The number of nitrogens with one attached hydrogen (secondary N) is 1. The Morgan fingerprint density at radius 1 is 1.35 bits per heavy atom. The zero-order valence-corrected chi connectivity index (χ0v) is 12.5. The molecular weight excluding hydrogens is 274 g/mol. The van der Waals surface area contributed by atoms with E-state index in [4.69, 9.17) is 5.73 Å². The van der Waals surface area contributed by atoms with Crippen molar-refractivity contribution in [3.05, 3.63) is 0 Å². The van der Waals surface area contributed by atoms with Gasteiger partial charge < -0.3 is 16.0 Å². The summed E-state index contributed by atoms with van der Waals surface area (Å²) in [5.41, 5.74) is 6.10. The SMILES string of the molecule is NC1CC2CCCC(C1)C2NC(=O)CN1CSCC1=O. The summed E-state index contributed by atoms with van der Waals surface area (Å²) in [6.45, 7) is 0.216. The van der Waals surface area contributed by atoms with Crippen LogP contribution in [0.3, 0.4) is 0 Å². The van der Waals surface area contributed by atoms with E-state index in [0.717, 1.165) is 12.8 Å². The molecule has 0 spiro atoms. The van der Waals surface area contributed by atoms with Crippen LogP contribution in [0.4, 0.5) is 0 Å². The highest BCUT2D eigenvalue weighted by molar-refractivity contribution is 8.00. The largest absolute Gasteiger partial charge is 0.351 e. The van der Waals surface area contributed by atoms with Crippen LogP contribution in [0.2, 0.25) is 0 Å². The van der Waals surface area contributed by atoms with Crippen molar-refractivity contribution < 1.29 is 9.59 Å². The van der Waals surface area contributed by atoms with Crippen molar-refractivity contribution in [3.8, 4) is 0 Å². The Hall–Kier alpha value is -0.750. The monoisotopic (exact) mass is 297 g/mol. The summed E-state index contributed by atoms with van der Waals surface area (Å²) in [4.78, 5) is 25.4. The molecule has 1 saturated heterocycles. The molecule has 6 heteroatoms. The topological polar surface area (TPSA) is 75.4 Å². The first-order valence-corrected chi connectivity index (χ1v) is 8.69. The smallest absolute Gasteiger partial charge is 0.239 e. The molecule has 5 nitrogen and oxygen atoms in total. The molecule has 3 fully saturated rings. The third-order valence-electron chi connectivity index (χ3n) is 4.86. The van der Waals surface area contributed by atoms with E-state index in [1.165, 1.54) is 19.3 Å². The molecule has 2 bridgehead atoms. The highest BCUT2D eigenvalue weighted by Gasteiger charge is 2.40. The first kappa shape index (κ1) is 14.2. The van der Waals surface area contributed by atoms with E-state index in [9.17, 15) is 9.59 Å². The van der Waals surface area contributed by atoms with Gasteiger partial charge in [0.05, 0.1) is 11.6 Å². The minimum absolute atomic E-state index is 0.00165. The molecule has 0 aromatic rings. The Kier molecular flexibility index (Phi) is 4.21. The predicted octanol–water partition coefficient (Wildman–Crippen LogP) is 0.541. The molecule has 3 rings (SSSR count). The van der Waals surface area contributed by atoms with Crippen LogP contribution in [0.15, 0.2) is 0 Å². The quantitative estimate of drug-likeness (QED) is 0.797. The van der Waals surface area contributed by atoms with Gasteiger partial charge in [-0.2, -0.15) is 0 Å². The summed E-state index contributed by atoms with van der Waals surface area (Å²) >= 11 is 1.58. The average molecular weight is 297 g/mol. The lowest BCUT2D eigenvalue weighted by Gasteiger charge is -2.45. The van der Waals surface area contributed by atoms with Crippen molar-refractivity contribution in [2.45, 2.75) is 44.2 Å². The lowest BCUT2D eigenvalue weighted by Crippen LogP contribution is -2.55. The van der Waals surface area contributed by atoms with Crippen LogP contribution in [0.25, 0.3) is 0 Å². The van der Waals surface area contributed by atoms with Crippen LogP contribution in [0.5, 0.6) is 0 Å². The number of rotatable bonds is 3. The first-order chi connectivity index (χ1) is 9.63. The standard InChI is InChI=1S/C14H23N3O2S/c15-11-4-9-2-1-3-10(5-11)14(9)16-12(18)6-17-8-20-7-13(17)19/h9-11,14H,1-8,15H2,(H,16,18). The lowest BCUT2D eigenvalue weighted by atomic mass is 9.67. The van der Waals surface area contributed by atoms with Gasteiger partial charge in [-0.25, -0.2) is 0 Å². The van der Waals surface area contributed by atoms with E-state index in [0.29, 0.717) is 29.5 Å². The van der Waals surface area contributed by atoms with Crippen molar-refractivity contribution in [3.63, 3.8) is 0 Å². The zero-order valence-electron chi connectivity index (χ0n) is 11.7. The van der Waals surface area contributed by atoms with Crippen molar-refractivity contribution in [2.75, 3.05) is 18.2 Å². The molecule has 1 heterocycles. The summed E-state index contributed by atoms with van der Waals surface area (Å²) in [7, 11) is 0. The van der Waals surface area contributed by atoms with E-state index in [1.54, 1.807) is 16.7 Å². The molecule has 2 saturated carbocycles. The summed E-state index contributed by atoms with van der Waals surface area (Å²) in [6.07, 6.45) is 5.66. The number of nitrogens with two attached hydrogens (primary N) is 1. The Morgan fingerprint density at radius 3 is 2.65 bits per heavy atom. The minimum atomic E-state index is -0.00165. The van der Waals surface area contributed by atoms with Crippen LogP contribution in [-0.2, 0) is 9.59 Å². The first-order valence-electron chi connectivity index (χ1n) is 7.54. The molecule has 1 aliphatic heterocycles. The number of thioether (sulfide) groups is 1. The maximum atomic E-state index is 12.2. The fraction of sp³-hybridized carbons (Fsp3) is 0.857. The normalized spacial score (nSPS) is 37.0. The van der Waals surface area contributed by atoms with Gasteiger partial charge in [-0.15, -0.1) is 11.8 Å². The summed E-state index contributed by atoms with van der Waals surface area (Å²) in [5.74, 6) is 2.30. The Balaban J connectivity index is 1.56. The Bertz CT molecular complexity index is 390. The molecule has 2 atom stereocenters. The van der Waals surface area contributed by atoms with Crippen molar-refractivity contribution in [1.29, 1.82) is 0 Å². The fourth-order valence-electron chi connectivity index (χ4n) is 3.97. The molecule has 3 N–H and O–H groups in total. The van der Waals surface area contributed by atoms with Gasteiger partial charge in [0.25, 0.3) is 0 Å². The molecule has 3 aliphatic rings. The highest BCUT2D eigenvalue weighted by Crippen LogP contribution is 2.39. The van der Waals surface area contributed by atoms with E-state index in [-0.39, 0.29) is 24.4 Å². The van der Waals surface area contributed by atoms with Crippen LogP contribution < -0.4 is 11.1 Å². The van der Waals surface area contributed by atoms with Gasteiger partial charge in [0.1, 0.15) is 6.54 Å². The van der Waals surface area contributed by atoms with Crippen LogP contribution >= 0.6 is 11.8 Å². The van der Waals surface area contributed by atoms with Gasteiger partial charge in [0.2, 0.25) is 11.8 Å². The Morgan fingerprint density at radius 2 is 2.05 bits per heavy atom. The maximum Gasteiger partial charge on any atom is 0.239 e. The van der Waals surface area contributed by atoms with Crippen molar-refractivity contribution in [2.24, 2.45) is 17.6 Å². The molecule has 2 aliphatic carbocycles. The van der Waals surface area contributed by atoms with Crippen LogP contribution in [0, 0.1) is 11.8 Å². The molecule has 0 aromatic carbocycles. The summed E-state index contributed by atoms with van der Waals surface area (Å²) < 4.78 is 0. The van der Waals surface area contributed by atoms with Crippen LogP contribution in [0.1, 0.15) is 32.1 Å². The molecular formula is C14H23N3O2S. The minimum Gasteiger partial charge on any atom is -0.351 e. The van der Waals surface area contributed by atoms with Gasteiger partial charge >= 0.3 is 0 Å². The van der Waals surface area contributed by atoms with Crippen molar-refractivity contribution in [1.82, 2.24) is 10.2 Å². The predicted molar refractivity (Wildman–Crippen MR) is 79.0 cm³/mol. The maximum absolute atomic E-state index is 12.2.